The number of nitrogens with one attached hydrogen (secondary N) is 1. The maximum atomic E-state index is 5.92. The second-order valence-electron chi connectivity index (χ2n) is 2.98. The summed E-state index contributed by atoms with van der Waals surface area (Å²) in [5.41, 5.74) is 6.52. The highest BCUT2D eigenvalue weighted by atomic mass is 35.5. The van der Waals surface area contributed by atoms with Crippen LogP contribution in [-0.2, 0) is 6.54 Å². The van der Waals surface area contributed by atoms with Crippen LogP contribution in [0.25, 0.3) is 0 Å². The molecule has 1 aromatic rings. The lowest BCUT2D eigenvalue weighted by Gasteiger charge is -2.11. The topological polar surface area (TPSA) is 50.9 Å². The molecule has 0 bridgehead atoms. The Labute approximate surface area is 83.3 Å². The summed E-state index contributed by atoms with van der Waals surface area (Å²) in [6.45, 7) is 3.40. The Kier molecular flexibility index (Phi) is 4.15. The molecule has 1 rings (SSSR count). The number of hydrogen-bond donors (Lipinski definition) is 2. The molecule has 1 unspecified atom stereocenters. The second-order valence-corrected chi connectivity index (χ2v) is 3.39. The van der Waals surface area contributed by atoms with E-state index in [1.54, 1.807) is 12.4 Å². The molecule has 4 heteroatoms. The molecule has 0 aliphatic carbocycles. The quantitative estimate of drug-likeness (QED) is 0.766. The van der Waals surface area contributed by atoms with Crippen LogP contribution in [0.1, 0.15) is 12.5 Å². The van der Waals surface area contributed by atoms with Gasteiger partial charge in [-0.1, -0.05) is 11.6 Å². The van der Waals surface area contributed by atoms with Crippen LogP contribution in [0.15, 0.2) is 18.5 Å². The van der Waals surface area contributed by atoms with E-state index in [0.29, 0.717) is 17.6 Å². The number of aromatic nitrogens is 1. The molecule has 0 fully saturated rings. The third kappa shape index (κ3) is 3.30. The molecule has 0 saturated carbocycles. The van der Waals surface area contributed by atoms with Crippen LogP contribution in [0.5, 0.6) is 0 Å². The number of hydrogen-bond acceptors (Lipinski definition) is 3. The van der Waals surface area contributed by atoms with Gasteiger partial charge in [0.1, 0.15) is 0 Å². The van der Waals surface area contributed by atoms with Gasteiger partial charge in [-0.05, 0) is 18.6 Å². The molecule has 0 aromatic carbocycles. The molecule has 0 aliphatic rings. The fourth-order valence-electron chi connectivity index (χ4n) is 0.915. The van der Waals surface area contributed by atoms with Gasteiger partial charge in [0.2, 0.25) is 0 Å². The first-order valence-electron chi connectivity index (χ1n) is 4.26. The Bertz CT molecular complexity index is 265. The summed E-state index contributed by atoms with van der Waals surface area (Å²) in [6, 6.07) is 2.21. The number of nitrogens with zero attached hydrogens (tertiary/aromatic N) is 1. The predicted octanol–water partition coefficient (Wildman–Crippen LogP) is 1.17. The van der Waals surface area contributed by atoms with Gasteiger partial charge in [0.05, 0.1) is 5.02 Å². The van der Waals surface area contributed by atoms with Gasteiger partial charge in [0, 0.05) is 31.5 Å². The van der Waals surface area contributed by atoms with E-state index in [1.807, 2.05) is 13.0 Å². The van der Waals surface area contributed by atoms with E-state index in [-0.39, 0.29) is 0 Å². The fourth-order valence-corrected chi connectivity index (χ4v) is 1.10. The zero-order valence-corrected chi connectivity index (χ0v) is 8.38. The summed E-state index contributed by atoms with van der Waals surface area (Å²) in [4.78, 5) is 3.91. The molecule has 0 aliphatic heterocycles. The number of nitrogens with two attached hydrogens (primary N) is 1. The van der Waals surface area contributed by atoms with E-state index in [0.717, 1.165) is 12.1 Å². The lowest BCUT2D eigenvalue weighted by Crippen LogP contribution is -2.32. The van der Waals surface area contributed by atoms with Crippen molar-refractivity contribution in [3.8, 4) is 0 Å². The highest BCUT2D eigenvalue weighted by Gasteiger charge is 2.01. The molecule has 0 saturated heterocycles. The lowest BCUT2D eigenvalue weighted by molar-refractivity contribution is 0.556. The summed E-state index contributed by atoms with van der Waals surface area (Å²) in [6.07, 6.45) is 3.38. The van der Waals surface area contributed by atoms with Crippen molar-refractivity contribution in [1.82, 2.24) is 10.3 Å². The smallest absolute Gasteiger partial charge is 0.0634 e. The van der Waals surface area contributed by atoms with E-state index in [1.165, 1.54) is 0 Å². The molecule has 1 heterocycles. The average Bonchev–Trinajstić information content (AvgIpc) is 2.16. The molecule has 1 atom stereocenters. The maximum absolute atomic E-state index is 5.92. The van der Waals surface area contributed by atoms with Crippen LogP contribution in [0.2, 0.25) is 5.02 Å². The molecule has 72 valence electrons. The third-order valence-electron chi connectivity index (χ3n) is 1.85. The summed E-state index contributed by atoms with van der Waals surface area (Å²) in [7, 11) is 0. The van der Waals surface area contributed by atoms with Crippen LogP contribution in [-0.4, -0.2) is 17.6 Å². The van der Waals surface area contributed by atoms with Gasteiger partial charge in [-0.3, -0.25) is 4.98 Å². The first-order valence-corrected chi connectivity index (χ1v) is 4.63. The molecular weight excluding hydrogens is 186 g/mol. The summed E-state index contributed by atoms with van der Waals surface area (Å²) in [5, 5.41) is 3.95. The second kappa shape index (κ2) is 5.17. The van der Waals surface area contributed by atoms with Crippen LogP contribution in [0.4, 0.5) is 0 Å². The van der Waals surface area contributed by atoms with Gasteiger partial charge < -0.3 is 11.1 Å². The number of pyridine rings is 1. The first-order chi connectivity index (χ1) is 6.24. The third-order valence-corrected chi connectivity index (χ3v) is 2.19. The van der Waals surface area contributed by atoms with Crippen molar-refractivity contribution in [1.29, 1.82) is 0 Å². The van der Waals surface area contributed by atoms with E-state index in [2.05, 4.69) is 10.3 Å². The lowest BCUT2D eigenvalue weighted by atomic mass is 10.2. The van der Waals surface area contributed by atoms with Gasteiger partial charge in [-0.2, -0.15) is 0 Å². The molecule has 1 aromatic heterocycles. The predicted molar refractivity (Wildman–Crippen MR) is 54.6 cm³/mol. The van der Waals surface area contributed by atoms with Crippen LogP contribution >= 0.6 is 11.6 Å². The van der Waals surface area contributed by atoms with Gasteiger partial charge in [0.25, 0.3) is 0 Å². The molecule has 3 nitrogen and oxygen atoms in total. The minimum atomic E-state index is 0.309. The van der Waals surface area contributed by atoms with E-state index >= 15 is 0 Å². The van der Waals surface area contributed by atoms with Gasteiger partial charge in [-0.25, -0.2) is 0 Å². The Morgan fingerprint density at radius 1 is 1.69 bits per heavy atom. The van der Waals surface area contributed by atoms with Crippen molar-refractivity contribution in [2.45, 2.75) is 19.5 Å². The highest BCUT2D eigenvalue weighted by Crippen LogP contribution is 2.12. The van der Waals surface area contributed by atoms with E-state index in [4.69, 9.17) is 17.3 Å². The molecular formula is C9H14ClN3. The summed E-state index contributed by atoms with van der Waals surface area (Å²) in [5.74, 6) is 0. The Balaban J connectivity index is 2.50. The molecule has 0 amide bonds. The maximum Gasteiger partial charge on any atom is 0.0634 e. The standard InChI is InChI=1S/C9H14ClN3/c1-7(4-11)13-5-8-2-3-12-6-9(8)10/h2-3,6-7,13H,4-5,11H2,1H3. The van der Waals surface area contributed by atoms with Crippen LogP contribution in [0, 0.1) is 0 Å². The Hall–Kier alpha value is -0.640. The van der Waals surface area contributed by atoms with Crippen molar-refractivity contribution in [3.63, 3.8) is 0 Å². The molecule has 3 N–H and O–H groups in total. The zero-order chi connectivity index (χ0) is 9.68. The highest BCUT2D eigenvalue weighted by molar-refractivity contribution is 6.31. The molecule has 13 heavy (non-hydrogen) atoms. The zero-order valence-electron chi connectivity index (χ0n) is 7.63. The monoisotopic (exact) mass is 199 g/mol. The van der Waals surface area contributed by atoms with Crippen LogP contribution in [0.3, 0.4) is 0 Å². The summed E-state index contributed by atoms with van der Waals surface area (Å²) < 4.78 is 0. The SMILES string of the molecule is CC(CN)NCc1ccncc1Cl. The minimum Gasteiger partial charge on any atom is -0.329 e. The van der Waals surface area contributed by atoms with Gasteiger partial charge in [0.15, 0.2) is 0 Å². The Morgan fingerprint density at radius 3 is 3.08 bits per heavy atom. The normalized spacial score (nSPS) is 12.8. The van der Waals surface area contributed by atoms with E-state index < -0.39 is 0 Å². The molecule has 0 spiro atoms. The van der Waals surface area contributed by atoms with Gasteiger partial charge in [-0.15, -0.1) is 0 Å². The largest absolute Gasteiger partial charge is 0.329 e. The Morgan fingerprint density at radius 2 is 2.46 bits per heavy atom. The van der Waals surface area contributed by atoms with Crippen molar-refractivity contribution in [2.75, 3.05) is 6.54 Å². The minimum absolute atomic E-state index is 0.309. The average molecular weight is 200 g/mol. The van der Waals surface area contributed by atoms with E-state index in [9.17, 15) is 0 Å². The van der Waals surface area contributed by atoms with Crippen molar-refractivity contribution in [2.24, 2.45) is 5.73 Å². The van der Waals surface area contributed by atoms with Crippen molar-refractivity contribution < 1.29 is 0 Å². The van der Waals surface area contributed by atoms with Crippen LogP contribution < -0.4 is 11.1 Å². The fraction of sp³-hybridized carbons (Fsp3) is 0.444. The number of rotatable bonds is 4. The number of halogens is 1. The first kappa shape index (κ1) is 10.4. The van der Waals surface area contributed by atoms with Crippen molar-refractivity contribution in [3.05, 3.63) is 29.0 Å². The molecule has 0 radical (unpaired) electrons. The van der Waals surface area contributed by atoms with Crippen molar-refractivity contribution >= 4 is 11.6 Å². The summed E-state index contributed by atoms with van der Waals surface area (Å²) >= 11 is 5.92. The van der Waals surface area contributed by atoms with Gasteiger partial charge >= 0.3 is 0 Å².